The van der Waals surface area contributed by atoms with Crippen LogP contribution in [0.4, 0.5) is 0 Å². The third-order valence-electron chi connectivity index (χ3n) is 5.28. The Kier molecular flexibility index (Phi) is 31.5. The third-order valence-corrected chi connectivity index (χ3v) is 5.28. The van der Waals surface area contributed by atoms with Crippen molar-refractivity contribution in [2.75, 3.05) is 114 Å². The first-order valence-electron chi connectivity index (χ1n) is 14.0. The van der Waals surface area contributed by atoms with Crippen molar-refractivity contribution >= 4 is 0 Å². The third kappa shape index (κ3) is 28.4. The topological polar surface area (TPSA) is 92.3 Å². The van der Waals surface area contributed by atoms with Gasteiger partial charge < -0.3 is 47.4 Å². The Morgan fingerprint density at radius 1 is 0.432 bits per heavy atom. The van der Waals surface area contributed by atoms with E-state index in [0.717, 1.165) is 38.9 Å². The number of methoxy groups -OCH3 is 2. The molecule has 0 rings (SSSR count). The quantitative estimate of drug-likeness (QED) is 0.0933. The van der Waals surface area contributed by atoms with Gasteiger partial charge in [-0.1, -0.05) is 26.7 Å². The van der Waals surface area contributed by atoms with Crippen LogP contribution in [0.5, 0.6) is 0 Å². The van der Waals surface area contributed by atoms with Crippen LogP contribution in [-0.4, -0.2) is 126 Å². The maximum atomic E-state index is 5.98. The van der Waals surface area contributed by atoms with Crippen molar-refractivity contribution in [3.63, 3.8) is 0 Å². The van der Waals surface area contributed by atoms with Crippen LogP contribution in [0.2, 0.25) is 0 Å². The fourth-order valence-corrected chi connectivity index (χ4v) is 2.94. The molecule has 0 fully saturated rings. The van der Waals surface area contributed by atoms with Crippen LogP contribution in [-0.2, 0) is 47.4 Å². The predicted molar refractivity (Wildman–Crippen MR) is 142 cm³/mol. The molecule has 0 saturated carbocycles. The highest BCUT2D eigenvalue weighted by Crippen LogP contribution is 2.06. The van der Waals surface area contributed by atoms with E-state index in [0.29, 0.717) is 92.1 Å². The fraction of sp³-hybridized carbons (Fsp3) is 1.00. The van der Waals surface area contributed by atoms with Crippen LogP contribution in [0.15, 0.2) is 0 Å². The van der Waals surface area contributed by atoms with Crippen molar-refractivity contribution in [2.45, 2.75) is 64.6 Å². The number of ether oxygens (including phenoxy) is 10. The van der Waals surface area contributed by atoms with Crippen molar-refractivity contribution in [1.29, 1.82) is 0 Å². The van der Waals surface area contributed by atoms with Crippen molar-refractivity contribution in [3.05, 3.63) is 0 Å². The van der Waals surface area contributed by atoms with Crippen molar-refractivity contribution in [2.24, 2.45) is 0 Å². The minimum atomic E-state index is -0.149. The molecule has 0 amide bonds. The molecule has 0 saturated heterocycles. The van der Waals surface area contributed by atoms with Gasteiger partial charge in [0, 0.05) is 40.6 Å². The normalized spacial score (nSPS) is 13.3. The van der Waals surface area contributed by atoms with E-state index in [1.54, 1.807) is 14.2 Å². The molecular weight excluding hydrogens is 484 g/mol. The molecule has 0 aliphatic carbocycles. The minimum Gasteiger partial charge on any atom is -0.382 e. The van der Waals surface area contributed by atoms with Crippen molar-refractivity contribution in [3.8, 4) is 0 Å². The average Bonchev–Trinajstić information content (AvgIpc) is 2.91. The number of rotatable bonds is 32. The van der Waals surface area contributed by atoms with Gasteiger partial charge in [-0.05, 0) is 25.7 Å². The predicted octanol–water partition coefficient (Wildman–Crippen LogP) is 3.49. The lowest BCUT2D eigenvalue weighted by molar-refractivity contribution is -0.155. The Morgan fingerprint density at radius 3 is 1.19 bits per heavy atom. The Balaban J connectivity index is 4.31. The molecule has 2 unspecified atom stereocenters. The fourth-order valence-electron chi connectivity index (χ4n) is 2.94. The summed E-state index contributed by atoms with van der Waals surface area (Å²) in [4.78, 5) is 0. The molecule has 0 aromatic rings. The van der Waals surface area contributed by atoms with Gasteiger partial charge in [-0.15, -0.1) is 0 Å². The lowest BCUT2D eigenvalue weighted by Crippen LogP contribution is -2.28. The number of unbranched alkanes of at least 4 members (excludes halogenated alkanes) is 2. The largest absolute Gasteiger partial charge is 0.382 e. The first-order valence-corrected chi connectivity index (χ1v) is 14.0. The smallest absolute Gasteiger partial charge is 0.147 e. The van der Waals surface area contributed by atoms with Gasteiger partial charge in [0.05, 0.1) is 78.3 Å². The zero-order valence-electron chi connectivity index (χ0n) is 24.1. The molecule has 0 N–H and O–H groups in total. The summed E-state index contributed by atoms with van der Waals surface area (Å²) in [5.41, 5.74) is 0. The van der Waals surface area contributed by atoms with Gasteiger partial charge in [-0.2, -0.15) is 0 Å². The van der Waals surface area contributed by atoms with Crippen molar-refractivity contribution < 1.29 is 47.4 Å². The highest BCUT2D eigenvalue weighted by atomic mass is 16.7. The van der Waals surface area contributed by atoms with E-state index >= 15 is 0 Å². The molecule has 37 heavy (non-hydrogen) atoms. The maximum absolute atomic E-state index is 5.98. The Hall–Kier alpha value is -0.400. The molecule has 2 atom stereocenters. The highest BCUT2D eigenvalue weighted by Gasteiger charge is 2.14. The van der Waals surface area contributed by atoms with Gasteiger partial charge >= 0.3 is 0 Å². The molecule has 0 aromatic heterocycles. The number of hydrogen-bond acceptors (Lipinski definition) is 10. The molecule has 0 radical (unpaired) electrons. The zero-order valence-corrected chi connectivity index (χ0v) is 24.1. The van der Waals surface area contributed by atoms with Gasteiger partial charge in [0.2, 0.25) is 0 Å². The molecule has 0 aliphatic heterocycles. The number of hydrogen-bond donors (Lipinski definition) is 0. The first kappa shape index (κ1) is 36.6. The van der Waals surface area contributed by atoms with Gasteiger partial charge in [-0.3, -0.25) is 0 Å². The van der Waals surface area contributed by atoms with Crippen LogP contribution in [0.1, 0.15) is 52.4 Å². The van der Waals surface area contributed by atoms with Crippen LogP contribution < -0.4 is 0 Å². The second kappa shape index (κ2) is 31.8. The molecule has 224 valence electrons. The molecule has 0 aromatic carbocycles. The summed E-state index contributed by atoms with van der Waals surface area (Å²) in [6.45, 7) is 12.5. The zero-order chi connectivity index (χ0) is 27.1. The Labute approximate surface area is 225 Å². The Bertz CT molecular complexity index is 381. The van der Waals surface area contributed by atoms with Gasteiger partial charge in [0.1, 0.15) is 6.79 Å². The van der Waals surface area contributed by atoms with Gasteiger partial charge in [-0.25, -0.2) is 0 Å². The second-order valence-corrected chi connectivity index (χ2v) is 8.56. The molecule has 0 heterocycles. The molecular formula is C27H56O10. The summed E-state index contributed by atoms with van der Waals surface area (Å²) in [6.07, 6.45) is 5.51. The molecule has 10 nitrogen and oxygen atoms in total. The van der Waals surface area contributed by atoms with Gasteiger partial charge in [0.25, 0.3) is 0 Å². The van der Waals surface area contributed by atoms with E-state index < -0.39 is 0 Å². The monoisotopic (exact) mass is 540 g/mol. The molecule has 0 bridgehead atoms. The van der Waals surface area contributed by atoms with E-state index in [2.05, 4.69) is 13.8 Å². The SMILES string of the molecule is CCCCOCCOCCC(COCCOC)OCOC(CCOCCOCCCC)COCCOC. The van der Waals surface area contributed by atoms with Crippen molar-refractivity contribution in [1.82, 2.24) is 0 Å². The lowest BCUT2D eigenvalue weighted by atomic mass is 10.3. The summed E-state index contributed by atoms with van der Waals surface area (Å²) in [7, 11) is 3.30. The standard InChI is InChI=1S/C27H56O10/c1-5-7-11-30-19-21-32-13-9-26(23-34-17-15-28-3)36-25-37-27(24-35-18-16-29-4)10-14-33-22-20-31-12-8-6-2/h26-27H,5-25H2,1-4H3. The van der Waals surface area contributed by atoms with Crippen LogP contribution in [0, 0.1) is 0 Å². The van der Waals surface area contributed by atoms with E-state index in [-0.39, 0.29) is 19.0 Å². The molecule has 0 spiro atoms. The Morgan fingerprint density at radius 2 is 0.811 bits per heavy atom. The van der Waals surface area contributed by atoms with Crippen LogP contribution in [0.3, 0.4) is 0 Å². The first-order chi connectivity index (χ1) is 18.3. The summed E-state index contributed by atoms with van der Waals surface area (Å²) in [5.74, 6) is 0. The van der Waals surface area contributed by atoms with Crippen LogP contribution in [0.25, 0.3) is 0 Å². The summed E-state index contributed by atoms with van der Waals surface area (Å²) in [5, 5.41) is 0. The minimum absolute atomic E-state index is 0.136. The van der Waals surface area contributed by atoms with E-state index in [9.17, 15) is 0 Å². The molecule has 0 aliphatic rings. The summed E-state index contributed by atoms with van der Waals surface area (Å²) < 4.78 is 55.9. The van der Waals surface area contributed by atoms with Gasteiger partial charge in [0.15, 0.2) is 0 Å². The maximum Gasteiger partial charge on any atom is 0.147 e. The summed E-state index contributed by atoms with van der Waals surface area (Å²) in [6, 6.07) is 0. The summed E-state index contributed by atoms with van der Waals surface area (Å²) >= 11 is 0. The average molecular weight is 541 g/mol. The van der Waals surface area contributed by atoms with E-state index in [1.807, 2.05) is 0 Å². The molecule has 10 heteroatoms. The second-order valence-electron chi connectivity index (χ2n) is 8.56. The lowest BCUT2D eigenvalue weighted by Gasteiger charge is -2.22. The highest BCUT2D eigenvalue weighted by molar-refractivity contribution is 4.59. The van der Waals surface area contributed by atoms with E-state index in [4.69, 9.17) is 47.4 Å². The van der Waals surface area contributed by atoms with Crippen LogP contribution >= 0.6 is 0 Å². The van der Waals surface area contributed by atoms with E-state index in [1.165, 1.54) is 0 Å².